The van der Waals surface area contributed by atoms with Gasteiger partial charge in [0.05, 0.1) is 19.3 Å². The molecule has 0 radical (unpaired) electrons. The van der Waals surface area contributed by atoms with Gasteiger partial charge in [0, 0.05) is 13.1 Å². The van der Waals surface area contributed by atoms with Crippen LogP contribution in [0.15, 0.2) is 18.2 Å². The van der Waals surface area contributed by atoms with E-state index in [0.717, 1.165) is 17.0 Å². The van der Waals surface area contributed by atoms with Crippen molar-refractivity contribution >= 4 is 11.6 Å². The fraction of sp³-hybridized carbons (Fsp3) is 0.500. The number of hydrogen-bond donors (Lipinski definition) is 1. The summed E-state index contributed by atoms with van der Waals surface area (Å²) in [7, 11) is 3.43. The van der Waals surface area contributed by atoms with E-state index in [2.05, 4.69) is 5.32 Å². The molecule has 1 rings (SSSR count). The molecule has 0 spiro atoms. The van der Waals surface area contributed by atoms with Crippen LogP contribution in [0.2, 0.25) is 0 Å². The van der Waals surface area contributed by atoms with Crippen molar-refractivity contribution < 1.29 is 9.53 Å². The number of anilines is 1. The lowest BCUT2D eigenvalue weighted by atomic mass is 10.2. The summed E-state index contributed by atoms with van der Waals surface area (Å²) in [6, 6.07) is 6.06. The number of aryl methyl sites for hydroxylation is 1. The van der Waals surface area contributed by atoms with Gasteiger partial charge >= 0.3 is 0 Å². The first kappa shape index (κ1) is 14.4. The van der Waals surface area contributed by atoms with Crippen LogP contribution in [0, 0.1) is 6.92 Å². The number of carbonyl (C=O) groups excluding carboxylic acids is 1. The van der Waals surface area contributed by atoms with Gasteiger partial charge in [-0.3, -0.25) is 4.79 Å². The number of rotatable bonds is 5. The van der Waals surface area contributed by atoms with E-state index in [1.54, 1.807) is 12.0 Å². The Morgan fingerprint density at radius 1 is 1.44 bits per heavy atom. The van der Waals surface area contributed by atoms with Crippen LogP contribution in [-0.4, -0.2) is 37.6 Å². The number of nitrogens with one attached hydrogen (secondary N) is 1. The molecular weight excluding hydrogens is 228 g/mol. The molecule has 4 nitrogen and oxygen atoms in total. The lowest BCUT2D eigenvalue weighted by Gasteiger charge is -2.22. The molecule has 0 bridgehead atoms. The highest BCUT2D eigenvalue weighted by atomic mass is 16.5. The van der Waals surface area contributed by atoms with Gasteiger partial charge in [0.1, 0.15) is 5.75 Å². The second-order valence-electron chi connectivity index (χ2n) is 4.66. The summed E-state index contributed by atoms with van der Waals surface area (Å²) in [5.74, 6) is 0.814. The Bertz CT molecular complexity index is 416. The average Bonchev–Trinajstić information content (AvgIpc) is 2.35. The van der Waals surface area contributed by atoms with E-state index in [4.69, 9.17) is 4.74 Å². The fourth-order valence-corrected chi connectivity index (χ4v) is 1.54. The summed E-state index contributed by atoms with van der Waals surface area (Å²) >= 11 is 0. The summed E-state index contributed by atoms with van der Waals surface area (Å²) < 4.78 is 5.25. The molecule has 0 atom stereocenters. The number of carbonyl (C=O) groups is 1. The molecule has 0 aromatic heterocycles. The topological polar surface area (TPSA) is 41.6 Å². The van der Waals surface area contributed by atoms with Gasteiger partial charge in [-0.05, 0) is 38.5 Å². The Hall–Kier alpha value is -1.71. The zero-order valence-corrected chi connectivity index (χ0v) is 11.8. The quantitative estimate of drug-likeness (QED) is 0.871. The van der Waals surface area contributed by atoms with Crippen molar-refractivity contribution in [3.63, 3.8) is 0 Å². The molecule has 0 heterocycles. The van der Waals surface area contributed by atoms with E-state index in [-0.39, 0.29) is 18.5 Å². The molecule has 0 aliphatic carbocycles. The minimum absolute atomic E-state index is 0.0635. The van der Waals surface area contributed by atoms with Crippen molar-refractivity contribution in [2.24, 2.45) is 0 Å². The van der Waals surface area contributed by atoms with Crippen LogP contribution in [0.4, 0.5) is 5.69 Å². The van der Waals surface area contributed by atoms with Gasteiger partial charge in [-0.1, -0.05) is 6.07 Å². The third-order valence-electron chi connectivity index (χ3n) is 2.95. The van der Waals surface area contributed by atoms with Gasteiger partial charge in [-0.15, -0.1) is 0 Å². The number of hydrogen-bond acceptors (Lipinski definition) is 3. The highest BCUT2D eigenvalue weighted by molar-refractivity contribution is 5.81. The first-order valence-corrected chi connectivity index (χ1v) is 6.10. The first-order valence-electron chi connectivity index (χ1n) is 6.10. The number of benzene rings is 1. The van der Waals surface area contributed by atoms with Crippen LogP contribution < -0.4 is 10.1 Å². The van der Waals surface area contributed by atoms with Crippen molar-refractivity contribution in [3.05, 3.63) is 23.8 Å². The minimum Gasteiger partial charge on any atom is -0.495 e. The Kier molecular flexibility index (Phi) is 5.01. The Morgan fingerprint density at radius 2 is 2.11 bits per heavy atom. The van der Waals surface area contributed by atoms with Gasteiger partial charge in [-0.2, -0.15) is 0 Å². The van der Waals surface area contributed by atoms with Crippen molar-refractivity contribution in [2.75, 3.05) is 26.0 Å². The molecular formula is C14H22N2O2. The van der Waals surface area contributed by atoms with Crippen molar-refractivity contribution in [1.29, 1.82) is 0 Å². The van der Waals surface area contributed by atoms with Crippen LogP contribution >= 0.6 is 0 Å². The second kappa shape index (κ2) is 6.28. The molecule has 1 aromatic rings. The Balaban J connectivity index is 2.68. The SMILES string of the molecule is COc1ccc(C)cc1NCC(=O)N(C)C(C)C. The van der Waals surface area contributed by atoms with E-state index < -0.39 is 0 Å². The van der Waals surface area contributed by atoms with Gasteiger partial charge in [-0.25, -0.2) is 0 Å². The molecule has 0 unspecified atom stereocenters. The van der Waals surface area contributed by atoms with Gasteiger partial charge < -0.3 is 15.0 Å². The molecule has 0 aliphatic rings. The number of nitrogens with zero attached hydrogens (tertiary/aromatic N) is 1. The zero-order chi connectivity index (χ0) is 13.7. The van der Waals surface area contributed by atoms with Crippen molar-refractivity contribution in [1.82, 2.24) is 4.90 Å². The molecule has 100 valence electrons. The van der Waals surface area contributed by atoms with Crippen LogP contribution in [-0.2, 0) is 4.79 Å². The summed E-state index contributed by atoms with van der Waals surface area (Å²) in [6.07, 6.45) is 0. The summed E-state index contributed by atoms with van der Waals surface area (Å²) in [5, 5.41) is 3.12. The maximum atomic E-state index is 11.9. The van der Waals surface area contributed by atoms with Crippen LogP contribution in [0.25, 0.3) is 0 Å². The normalized spacial score (nSPS) is 10.3. The van der Waals surface area contributed by atoms with Crippen molar-refractivity contribution in [3.8, 4) is 5.75 Å². The number of methoxy groups -OCH3 is 1. The summed E-state index contributed by atoms with van der Waals surface area (Å²) in [6.45, 7) is 6.26. The Morgan fingerprint density at radius 3 is 2.67 bits per heavy atom. The minimum atomic E-state index is 0.0635. The lowest BCUT2D eigenvalue weighted by molar-refractivity contribution is -0.129. The third kappa shape index (κ3) is 3.65. The zero-order valence-electron chi connectivity index (χ0n) is 11.8. The predicted molar refractivity (Wildman–Crippen MR) is 74.1 cm³/mol. The van der Waals surface area contributed by atoms with Gasteiger partial charge in [0.25, 0.3) is 0 Å². The second-order valence-corrected chi connectivity index (χ2v) is 4.66. The standard InChI is InChI=1S/C14H22N2O2/c1-10(2)16(4)14(17)9-15-12-8-11(3)6-7-13(12)18-5/h6-8,10,15H,9H2,1-5H3. The van der Waals surface area contributed by atoms with Gasteiger partial charge in [0.15, 0.2) is 0 Å². The first-order chi connectivity index (χ1) is 8.45. The Labute approximate surface area is 109 Å². The molecule has 18 heavy (non-hydrogen) atoms. The maximum absolute atomic E-state index is 11.9. The monoisotopic (exact) mass is 250 g/mol. The van der Waals surface area contributed by atoms with Crippen molar-refractivity contribution in [2.45, 2.75) is 26.8 Å². The predicted octanol–water partition coefficient (Wildman–Crippen LogP) is 2.28. The van der Waals surface area contributed by atoms with E-state index in [9.17, 15) is 4.79 Å². The van der Waals surface area contributed by atoms with E-state index in [0.29, 0.717) is 0 Å². The highest BCUT2D eigenvalue weighted by Crippen LogP contribution is 2.24. The van der Waals surface area contributed by atoms with E-state index in [1.165, 1.54) is 0 Å². The molecule has 0 fully saturated rings. The summed E-state index contributed by atoms with van der Waals surface area (Å²) in [4.78, 5) is 13.6. The third-order valence-corrected chi connectivity index (χ3v) is 2.95. The fourth-order valence-electron chi connectivity index (χ4n) is 1.54. The van der Waals surface area contributed by atoms with E-state index in [1.807, 2.05) is 46.0 Å². The molecule has 0 saturated carbocycles. The molecule has 0 aliphatic heterocycles. The maximum Gasteiger partial charge on any atom is 0.241 e. The van der Waals surface area contributed by atoms with Crippen LogP contribution in [0.1, 0.15) is 19.4 Å². The number of ether oxygens (including phenoxy) is 1. The van der Waals surface area contributed by atoms with E-state index >= 15 is 0 Å². The average molecular weight is 250 g/mol. The van der Waals surface area contributed by atoms with Crippen LogP contribution in [0.5, 0.6) is 5.75 Å². The number of amides is 1. The molecule has 4 heteroatoms. The molecule has 1 N–H and O–H groups in total. The molecule has 0 saturated heterocycles. The highest BCUT2D eigenvalue weighted by Gasteiger charge is 2.12. The smallest absolute Gasteiger partial charge is 0.241 e. The largest absolute Gasteiger partial charge is 0.495 e. The molecule has 1 aromatic carbocycles. The van der Waals surface area contributed by atoms with Gasteiger partial charge in [0.2, 0.25) is 5.91 Å². The number of likely N-dealkylation sites (N-methyl/N-ethyl adjacent to an activating group) is 1. The lowest BCUT2D eigenvalue weighted by Crippen LogP contribution is -2.37. The molecule has 1 amide bonds. The van der Waals surface area contributed by atoms with Crippen LogP contribution in [0.3, 0.4) is 0 Å². The summed E-state index contributed by atoms with van der Waals surface area (Å²) in [5.41, 5.74) is 1.98.